The Morgan fingerprint density at radius 2 is 1.30 bits per heavy atom. The maximum atomic E-state index is 12.9. The summed E-state index contributed by atoms with van der Waals surface area (Å²) in [5.74, 6) is 2.52. The highest BCUT2D eigenvalue weighted by Crippen LogP contribution is 2.38. The van der Waals surface area contributed by atoms with Crippen LogP contribution < -0.4 is 15.2 Å². The van der Waals surface area contributed by atoms with Crippen LogP contribution in [0.25, 0.3) is 33.9 Å². The first-order chi connectivity index (χ1) is 22.6. The number of methoxy groups -OCH3 is 2. The Morgan fingerprint density at radius 3 is 1.91 bits per heavy atom. The monoisotopic (exact) mass is 619 g/mol. The molecule has 1 aromatic heterocycles. The third kappa shape index (κ3) is 8.28. The molecule has 1 heterocycles. The zero-order valence-electron chi connectivity index (χ0n) is 26.5. The summed E-state index contributed by atoms with van der Waals surface area (Å²) in [6, 6.07) is 34.1. The highest BCUT2D eigenvalue weighted by molar-refractivity contribution is 5.96. The van der Waals surface area contributed by atoms with Gasteiger partial charge < -0.3 is 29.2 Å². The van der Waals surface area contributed by atoms with Crippen molar-refractivity contribution in [2.45, 2.75) is 19.4 Å². The van der Waals surface area contributed by atoms with E-state index in [0.717, 1.165) is 51.0 Å². The summed E-state index contributed by atoms with van der Waals surface area (Å²) in [5, 5.41) is 0. The number of benzene rings is 4. The van der Waals surface area contributed by atoms with Gasteiger partial charge in [-0.2, -0.15) is 0 Å². The molecule has 0 saturated carbocycles. The maximum Gasteiger partial charge on any atom is 0.162 e. The van der Waals surface area contributed by atoms with Crippen molar-refractivity contribution < 1.29 is 23.7 Å². The average Bonchev–Trinajstić information content (AvgIpc) is 3.48. The summed E-state index contributed by atoms with van der Waals surface area (Å²) >= 11 is 0. The molecule has 4 aromatic carbocycles. The second-order valence-electron chi connectivity index (χ2n) is 10.8. The number of aromatic nitrogens is 2. The van der Waals surface area contributed by atoms with Crippen LogP contribution >= 0.6 is 0 Å². The van der Waals surface area contributed by atoms with Crippen molar-refractivity contribution in [1.29, 1.82) is 0 Å². The molecule has 8 nitrogen and oxygen atoms in total. The number of imidazole rings is 1. The lowest BCUT2D eigenvalue weighted by Crippen LogP contribution is -2.12. The lowest BCUT2D eigenvalue weighted by molar-refractivity contribution is 0.0489. The van der Waals surface area contributed by atoms with Crippen molar-refractivity contribution in [3.05, 3.63) is 114 Å². The van der Waals surface area contributed by atoms with Gasteiger partial charge in [-0.1, -0.05) is 54.6 Å². The van der Waals surface area contributed by atoms with Gasteiger partial charge in [-0.25, -0.2) is 4.98 Å². The molecule has 0 aliphatic heterocycles. The van der Waals surface area contributed by atoms with E-state index in [4.69, 9.17) is 29.7 Å². The van der Waals surface area contributed by atoms with Gasteiger partial charge in [0.1, 0.15) is 17.3 Å². The lowest BCUT2D eigenvalue weighted by atomic mass is 10.0. The third-order valence-electron chi connectivity index (χ3n) is 7.67. The van der Waals surface area contributed by atoms with Crippen molar-refractivity contribution in [1.82, 2.24) is 9.55 Å². The van der Waals surface area contributed by atoms with Gasteiger partial charge >= 0.3 is 0 Å². The maximum absolute atomic E-state index is 12.9. The smallest absolute Gasteiger partial charge is 0.162 e. The third-order valence-corrected chi connectivity index (χ3v) is 7.67. The summed E-state index contributed by atoms with van der Waals surface area (Å²) in [6.45, 7) is 3.11. The molecule has 0 amide bonds. The Balaban J connectivity index is 1.43. The van der Waals surface area contributed by atoms with Crippen LogP contribution in [-0.2, 0) is 16.0 Å². The van der Waals surface area contributed by atoms with Gasteiger partial charge in [0.2, 0.25) is 0 Å². The van der Waals surface area contributed by atoms with Gasteiger partial charge in [0.25, 0.3) is 0 Å². The molecule has 0 radical (unpaired) electrons. The first-order valence-electron chi connectivity index (χ1n) is 15.5. The Morgan fingerprint density at radius 1 is 0.696 bits per heavy atom. The topological polar surface area (TPSA) is 97.8 Å². The number of hydrogen-bond acceptors (Lipinski definition) is 7. The van der Waals surface area contributed by atoms with Gasteiger partial charge in [-0.3, -0.25) is 4.79 Å². The number of hydrogen-bond donors (Lipinski definition) is 1. The zero-order valence-corrected chi connectivity index (χ0v) is 26.5. The minimum Gasteiger partial charge on any atom is -0.497 e. The van der Waals surface area contributed by atoms with Crippen LogP contribution in [0.3, 0.4) is 0 Å². The van der Waals surface area contributed by atoms with Crippen LogP contribution in [0.1, 0.15) is 28.8 Å². The Kier molecular flexibility index (Phi) is 11.7. The molecule has 0 aliphatic rings. The van der Waals surface area contributed by atoms with Crippen molar-refractivity contribution in [2.24, 2.45) is 5.73 Å². The van der Waals surface area contributed by atoms with E-state index < -0.39 is 0 Å². The van der Waals surface area contributed by atoms with Gasteiger partial charge in [-0.05, 0) is 60.5 Å². The number of carbonyl (C=O) groups is 1. The number of ether oxygens (including phenoxy) is 4. The van der Waals surface area contributed by atoms with E-state index in [-0.39, 0.29) is 5.78 Å². The molecule has 0 fully saturated rings. The number of Topliss-reactive ketones (excluding diaryl/α,β-unsaturated/α-hetero) is 1. The normalized spacial score (nSPS) is 11.0. The fourth-order valence-electron chi connectivity index (χ4n) is 5.27. The molecule has 0 atom stereocenters. The molecule has 0 spiro atoms. The number of rotatable bonds is 17. The Bertz CT molecular complexity index is 1670. The molecule has 5 aromatic rings. The first kappa shape index (κ1) is 32.6. The van der Waals surface area contributed by atoms with E-state index in [0.29, 0.717) is 57.9 Å². The van der Waals surface area contributed by atoms with E-state index in [2.05, 4.69) is 28.8 Å². The van der Waals surface area contributed by atoms with E-state index in [9.17, 15) is 4.79 Å². The van der Waals surface area contributed by atoms with E-state index in [1.165, 1.54) is 0 Å². The van der Waals surface area contributed by atoms with Crippen molar-refractivity contribution in [2.75, 3.05) is 47.2 Å². The van der Waals surface area contributed by atoms with Gasteiger partial charge in [0.05, 0.1) is 45.4 Å². The van der Waals surface area contributed by atoms with Crippen LogP contribution in [0.5, 0.6) is 11.5 Å². The van der Waals surface area contributed by atoms with Crippen LogP contribution in [0.15, 0.2) is 103 Å². The fourth-order valence-corrected chi connectivity index (χ4v) is 5.27. The van der Waals surface area contributed by atoms with Gasteiger partial charge in [0, 0.05) is 48.4 Å². The number of nitrogens with two attached hydrogens (primary N) is 1. The van der Waals surface area contributed by atoms with Crippen molar-refractivity contribution in [3.8, 4) is 45.4 Å². The highest BCUT2D eigenvalue weighted by atomic mass is 16.5. The summed E-state index contributed by atoms with van der Waals surface area (Å²) < 4.78 is 24.0. The van der Waals surface area contributed by atoms with Crippen LogP contribution in [0, 0.1) is 0 Å². The molecule has 238 valence electrons. The van der Waals surface area contributed by atoms with E-state index in [1.54, 1.807) is 14.2 Å². The molecule has 8 heteroatoms. The fraction of sp³-hybridized carbons (Fsp3) is 0.263. The minimum atomic E-state index is 0.0999. The van der Waals surface area contributed by atoms with Crippen molar-refractivity contribution in [3.63, 3.8) is 0 Å². The second-order valence-corrected chi connectivity index (χ2v) is 10.8. The van der Waals surface area contributed by atoms with Gasteiger partial charge in [-0.15, -0.1) is 0 Å². The second kappa shape index (κ2) is 16.5. The largest absolute Gasteiger partial charge is 0.497 e. The van der Waals surface area contributed by atoms with Crippen LogP contribution in [0.2, 0.25) is 0 Å². The highest BCUT2D eigenvalue weighted by Gasteiger charge is 2.22. The Labute approximate surface area is 270 Å². The van der Waals surface area contributed by atoms with Crippen LogP contribution in [-0.4, -0.2) is 62.5 Å². The lowest BCUT2D eigenvalue weighted by Gasteiger charge is -2.15. The van der Waals surface area contributed by atoms with E-state index in [1.807, 2.05) is 78.9 Å². The number of nitrogens with zero attached hydrogens (tertiary/aromatic N) is 2. The molecule has 2 N–H and O–H groups in total. The Hall–Kier alpha value is -4.76. The first-order valence-corrected chi connectivity index (χ1v) is 15.5. The molecule has 5 rings (SSSR count). The zero-order chi connectivity index (χ0) is 32.1. The molecule has 0 aliphatic carbocycles. The molecular formula is C38H41N3O5. The SMILES string of the molecule is COc1ccc(-c2nc(-c3ccccc3)n(Cc3ccc(C(=O)CCCOCCOCCN)cc3)c2-c2ccc(OC)cc2)cc1. The molecule has 0 unspecified atom stereocenters. The summed E-state index contributed by atoms with van der Waals surface area (Å²) in [7, 11) is 3.33. The standard InChI is InChI=1S/C38H41N3O5/c1-43-33-18-14-30(15-19-33)36-37(31-16-20-34(44-2)21-17-31)41(38(40-36)32-7-4-3-5-8-32)27-28-10-12-29(13-11-28)35(42)9-6-23-45-25-26-46-24-22-39/h3-5,7-8,10-21H,6,9,22-27,39H2,1-2H3. The van der Waals surface area contributed by atoms with E-state index >= 15 is 0 Å². The predicted molar refractivity (Wildman–Crippen MR) is 181 cm³/mol. The van der Waals surface area contributed by atoms with Gasteiger partial charge in [0.15, 0.2) is 5.78 Å². The summed E-state index contributed by atoms with van der Waals surface area (Å²) in [4.78, 5) is 18.1. The summed E-state index contributed by atoms with van der Waals surface area (Å²) in [5.41, 5.74) is 12.0. The summed E-state index contributed by atoms with van der Waals surface area (Å²) in [6.07, 6.45) is 1.09. The predicted octanol–water partition coefficient (Wildman–Crippen LogP) is 6.90. The minimum absolute atomic E-state index is 0.0999. The van der Waals surface area contributed by atoms with Crippen LogP contribution in [0.4, 0.5) is 0 Å². The average molecular weight is 620 g/mol. The molecule has 0 saturated heterocycles. The molecular weight excluding hydrogens is 578 g/mol. The van der Waals surface area contributed by atoms with Crippen molar-refractivity contribution >= 4 is 5.78 Å². The number of carbonyl (C=O) groups excluding carboxylic acids is 1. The quantitative estimate of drug-likeness (QED) is 0.0893. The molecule has 46 heavy (non-hydrogen) atoms. The number of ketones is 1. The molecule has 0 bridgehead atoms.